The number of anilines is 2. The van der Waals surface area contributed by atoms with Crippen molar-refractivity contribution in [2.75, 3.05) is 23.8 Å². The number of benzene rings is 1. The van der Waals surface area contributed by atoms with E-state index in [9.17, 15) is 4.79 Å². The molecule has 0 unspecified atom stereocenters. The first-order valence-electron chi connectivity index (χ1n) is 7.50. The minimum Gasteiger partial charge on any atom is -0.476 e. The van der Waals surface area contributed by atoms with Crippen LogP contribution in [0.3, 0.4) is 0 Å². The fourth-order valence-electron chi connectivity index (χ4n) is 1.84. The van der Waals surface area contributed by atoms with Crippen LogP contribution in [0.5, 0.6) is 11.9 Å². The van der Waals surface area contributed by atoms with E-state index >= 15 is 0 Å². The molecular weight excluding hydrogens is 332 g/mol. The molecule has 128 valence electrons. The number of carbonyl (C=O) groups is 1. The van der Waals surface area contributed by atoms with Crippen LogP contribution in [0.15, 0.2) is 24.4 Å². The lowest BCUT2D eigenvalue weighted by Crippen LogP contribution is -2.20. The topological polar surface area (TPSA) is 85.4 Å². The Labute approximate surface area is 145 Å². The van der Waals surface area contributed by atoms with Gasteiger partial charge in [0.25, 0.3) is 0 Å². The van der Waals surface area contributed by atoms with Crippen LogP contribution in [0.2, 0.25) is 5.02 Å². The van der Waals surface area contributed by atoms with Crippen molar-refractivity contribution in [2.24, 2.45) is 0 Å². The predicted octanol–water partition coefficient (Wildman–Crippen LogP) is 3.88. The fourth-order valence-corrected chi connectivity index (χ4v) is 2.02. The van der Waals surface area contributed by atoms with Crippen LogP contribution < -0.4 is 20.1 Å². The van der Waals surface area contributed by atoms with Crippen LogP contribution >= 0.6 is 11.6 Å². The molecule has 0 saturated carbocycles. The molecular formula is C16H19ClN4O3. The highest BCUT2D eigenvalue weighted by atomic mass is 35.5. The van der Waals surface area contributed by atoms with E-state index in [4.69, 9.17) is 21.1 Å². The molecule has 2 rings (SSSR count). The van der Waals surface area contributed by atoms with E-state index in [1.807, 2.05) is 26.8 Å². The second-order valence-corrected chi connectivity index (χ2v) is 5.19. The largest absolute Gasteiger partial charge is 0.476 e. The minimum atomic E-state index is -0.455. The van der Waals surface area contributed by atoms with Gasteiger partial charge >= 0.3 is 12.0 Å². The van der Waals surface area contributed by atoms with Gasteiger partial charge in [0.2, 0.25) is 5.88 Å². The molecule has 0 fully saturated rings. The highest BCUT2D eigenvalue weighted by molar-refractivity contribution is 6.31. The molecule has 0 aliphatic rings. The Hall–Kier alpha value is -2.54. The molecule has 1 heterocycles. The molecule has 1 aromatic heterocycles. The quantitative estimate of drug-likeness (QED) is 0.825. The van der Waals surface area contributed by atoms with Crippen molar-refractivity contribution in [1.82, 2.24) is 9.97 Å². The number of amides is 2. The number of nitrogens with one attached hydrogen (secondary N) is 2. The van der Waals surface area contributed by atoms with E-state index in [0.717, 1.165) is 5.56 Å². The molecule has 1 aromatic carbocycles. The Kier molecular flexibility index (Phi) is 6.20. The number of hydrogen-bond donors (Lipinski definition) is 2. The molecule has 24 heavy (non-hydrogen) atoms. The van der Waals surface area contributed by atoms with Gasteiger partial charge in [-0.25, -0.2) is 9.78 Å². The number of ether oxygens (including phenoxy) is 2. The Balaban J connectivity index is 2.10. The van der Waals surface area contributed by atoms with Crippen molar-refractivity contribution in [1.29, 1.82) is 0 Å². The van der Waals surface area contributed by atoms with Gasteiger partial charge in [-0.1, -0.05) is 17.7 Å². The van der Waals surface area contributed by atoms with Crippen LogP contribution in [-0.2, 0) is 0 Å². The summed E-state index contributed by atoms with van der Waals surface area (Å²) < 4.78 is 10.6. The third-order valence-electron chi connectivity index (χ3n) is 2.96. The molecule has 0 saturated heterocycles. The van der Waals surface area contributed by atoms with E-state index < -0.39 is 6.03 Å². The fraction of sp³-hybridized carbons (Fsp3) is 0.312. The molecule has 0 aliphatic carbocycles. The Morgan fingerprint density at radius 1 is 1.21 bits per heavy atom. The number of hydrogen-bond acceptors (Lipinski definition) is 5. The molecule has 0 radical (unpaired) electrons. The maximum atomic E-state index is 12.1. The predicted molar refractivity (Wildman–Crippen MR) is 93.2 cm³/mol. The zero-order valence-electron chi connectivity index (χ0n) is 13.7. The molecule has 8 heteroatoms. The van der Waals surface area contributed by atoms with Gasteiger partial charge in [0.15, 0.2) is 0 Å². The van der Waals surface area contributed by atoms with Crippen molar-refractivity contribution >= 4 is 29.0 Å². The number of halogens is 1. The standard InChI is InChI=1S/C16H19ClN4O3/c1-4-23-14-13(9-18-16(21-14)24-5-2)20-15(22)19-11-7-6-10(3)12(17)8-11/h6-9H,4-5H2,1-3H3,(H2,19,20,22). The highest BCUT2D eigenvalue weighted by Gasteiger charge is 2.12. The Morgan fingerprint density at radius 3 is 2.62 bits per heavy atom. The first kappa shape index (κ1) is 17.8. The van der Waals surface area contributed by atoms with E-state index in [-0.39, 0.29) is 11.9 Å². The molecule has 0 bridgehead atoms. The lowest BCUT2D eigenvalue weighted by atomic mass is 10.2. The number of aromatic nitrogens is 2. The lowest BCUT2D eigenvalue weighted by molar-refractivity contribution is 0.261. The Bertz CT molecular complexity index is 724. The van der Waals surface area contributed by atoms with E-state index in [2.05, 4.69) is 20.6 Å². The normalized spacial score (nSPS) is 10.2. The molecule has 0 atom stereocenters. The summed E-state index contributed by atoms with van der Waals surface area (Å²) in [7, 11) is 0. The van der Waals surface area contributed by atoms with Crippen molar-refractivity contribution < 1.29 is 14.3 Å². The van der Waals surface area contributed by atoms with E-state index in [0.29, 0.717) is 29.6 Å². The molecule has 2 N–H and O–H groups in total. The maximum absolute atomic E-state index is 12.1. The number of rotatable bonds is 6. The summed E-state index contributed by atoms with van der Waals surface area (Å²) in [6.07, 6.45) is 1.44. The van der Waals surface area contributed by atoms with Gasteiger partial charge in [-0.05, 0) is 38.5 Å². The van der Waals surface area contributed by atoms with Gasteiger partial charge in [-0.3, -0.25) is 0 Å². The van der Waals surface area contributed by atoms with Crippen LogP contribution in [0.1, 0.15) is 19.4 Å². The number of nitrogens with zero attached hydrogens (tertiary/aromatic N) is 2. The summed E-state index contributed by atoms with van der Waals surface area (Å²) in [6.45, 7) is 6.37. The highest BCUT2D eigenvalue weighted by Crippen LogP contribution is 2.24. The van der Waals surface area contributed by atoms with Crippen molar-refractivity contribution in [3.8, 4) is 11.9 Å². The molecule has 0 aliphatic heterocycles. The SMILES string of the molecule is CCOc1ncc(NC(=O)Nc2ccc(C)c(Cl)c2)c(OCC)n1. The van der Waals surface area contributed by atoms with Gasteiger partial charge in [0.05, 0.1) is 19.4 Å². The second kappa shape index (κ2) is 8.35. The zero-order valence-corrected chi connectivity index (χ0v) is 14.5. The zero-order chi connectivity index (χ0) is 17.5. The smallest absolute Gasteiger partial charge is 0.323 e. The molecule has 2 aromatic rings. The van der Waals surface area contributed by atoms with Gasteiger partial charge < -0.3 is 20.1 Å². The second-order valence-electron chi connectivity index (χ2n) is 4.78. The van der Waals surface area contributed by atoms with Crippen molar-refractivity contribution in [3.63, 3.8) is 0 Å². The third kappa shape index (κ3) is 4.73. The van der Waals surface area contributed by atoms with Crippen molar-refractivity contribution in [3.05, 3.63) is 35.0 Å². The van der Waals surface area contributed by atoms with Gasteiger partial charge in [-0.2, -0.15) is 4.98 Å². The van der Waals surface area contributed by atoms with Crippen LogP contribution in [0.4, 0.5) is 16.2 Å². The molecule has 7 nitrogen and oxygen atoms in total. The van der Waals surface area contributed by atoms with Crippen LogP contribution in [0.25, 0.3) is 0 Å². The molecule has 2 amide bonds. The number of urea groups is 1. The summed E-state index contributed by atoms with van der Waals surface area (Å²) in [4.78, 5) is 20.3. The number of aryl methyl sites for hydroxylation is 1. The van der Waals surface area contributed by atoms with E-state index in [1.165, 1.54) is 6.20 Å². The van der Waals surface area contributed by atoms with Gasteiger partial charge in [0, 0.05) is 10.7 Å². The maximum Gasteiger partial charge on any atom is 0.323 e. The minimum absolute atomic E-state index is 0.192. The van der Waals surface area contributed by atoms with Crippen LogP contribution in [0, 0.1) is 6.92 Å². The summed E-state index contributed by atoms with van der Waals surface area (Å²) >= 11 is 6.05. The van der Waals surface area contributed by atoms with Crippen molar-refractivity contribution in [2.45, 2.75) is 20.8 Å². The van der Waals surface area contributed by atoms with Crippen LogP contribution in [-0.4, -0.2) is 29.2 Å². The van der Waals surface area contributed by atoms with Gasteiger partial charge in [-0.15, -0.1) is 0 Å². The third-order valence-corrected chi connectivity index (χ3v) is 3.37. The summed E-state index contributed by atoms with van der Waals surface area (Å²) in [5.41, 5.74) is 1.85. The van der Waals surface area contributed by atoms with E-state index in [1.54, 1.807) is 12.1 Å². The first-order chi connectivity index (χ1) is 11.5. The lowest BCUT2D eigenvalue weighted by Gasteiger charge is -2.12. The van der Waals surface area contributed by atoms with Gasteiger partial charge in [0.1, 0.15) is 5.69 Å². The average molecular weight is 351 g/mol. The monoisotopic (exact) mass is 350 g/mol. The Morgan fingerprint density at radius 2 is 1.96 bits per heavy atom. The average Bonchev–Trinajstić information content (AvgIpc) is 2.54. The number of carbonyl (C=O) groups excluding carboxylic acids is 1. The summed E-state index contributed by atoms with van der Waals surface area (Å²) in [5.74, 6) is 0.244. The first-order valence-corrected chi connectivity index (χ1v) is 7.88. The summed E-state index contributed by atoms with van der Waals surface area (Å²) in [6, 6.07) is 5.00. The summed E-state index contributed by atoms with van der Waals surface area (Å²) in [5, 5.41) is 5.92. The molecule has 0 spiro atoms.